The van der Waals surface area contributed by atoms with Gasteiger partial charge in [-0.05, 0) is 0 Å². The lowest BCUT2D eigenvalue weighted by Crippen LogP contribution is -2.61. The van der Waals surface area contributed by atoms with Crippen molar-refractivity contribution in [2.75, 3.05) is 13.1 Å². The second-order valence-corrected chi connectivity index (χ2v) is 5.44. The molecular weight excluding hydrogens is 180 g/mol. The van der Waals surface area contributed by atoms with E-state index in [2.05, 4.69) is 0 Å². The van der Waals surface area contributed by atoms with Crippen LogP contribution in [0.1, 0.15) is 33.6 Å². The van der Waals surface area contributed by atoms with E-state index in [1.807, 2.05) is 20.8 Å². The summed E-state index contributed by atoms with van der Waals surface area (Å²) in [6.07, 6.45) is 3.00. The van der Waals surface area contributed by atoms with Gasteiger partial charge in [0.1, 0.15) is 0 Å². The Balaban J connectivity index is 2.50. The largest absolute Gasteiger partial charge is 0.632 e. The molecule has 0 aromatic heterocycles. The molecule has 0 aromatic rings. The number of rotatable bonds is 0. The van der Waals surface area contributed by atoms with Crippen molar-refractivity contribution in [1.82, 2.24) is 0 Å². The van der Waals surface area contributed by atoms with E-state index < -0.39 is 5.54 Å². The molecule has 0 amide bonds. The fourth-order valence-electron chi connectivity index (χ4n) is 2.42. The van der Waals surface area contributed by atoms with Crippen LogP contribution in [0, 0.1) is 10.4 Å². The summed E-state index contributed by atoms with van der Waals surface area (Å²) in [5.41, 5.74) is -0.907. The van der Waals surface area contributed by atoms with Crippen LogP contribution in [0.2, 0.25) is 0 Å². The standard InChI is InChI=1S/C10H18N2O2/c1-9(2)8-11(13)10(3)4-6-12(9,14)7-5-10/h8H,4-7H2,1-3H3. The van der Waals surface area contributed by atoms with Gasteiger partial charge < -0.3 is 15.1 Å². The molecule has 0 N–H and O–H groups in total. The summed E-state index contributed by atoms with van der Waals surface area (Å²) in [6.45, 7) is 6.82. The van der Waals surface area contributed by atoms with Crippen molar-refractivity contribution in [3.8, 4) is 0 Å². The summed E-state index contributed by atoms with van der Waals surface area (Å²) in [7, 11) is 0. The van der Waals surface area contributed by atoms with E-state index >= 15 is 0 Å². The molecule has 80 valence electrons. The lowest BCUT2D eigenvalue weighted by Gasteiger charge is -2.52. The number of hydrogen-bond acceptors (Lipinski definition) is 2. The van der Waals surface area contributed by atoms with Gasteiger partial charge in [-0.15, -0.1) is 0 Å². The second-order valence-electron chi connectivity index (χ2n) is 5.44. The third-order valence-corrected chi connectivity index (χ3v) is 4.04. The predicted octanol–water partition coefficient (Wildman–Crippen LogP) is 1.23. The third-order valence-electron chi connectivity index (χ3n) is 4.04. The zero-order valence-electron chi connectivity index (χ0n) is 9.12. The monoisotopic (exact) mass is 198 g/mol. The predicted molar refractivity (Wildman–Crippen MR) is 54.8 cm³/mol. The lowest BCUT2D eigenvalue weighted by atomic mass is 9.89. The van der Waals surface area contributed by atoms with Crippen LogP contribution in [0.5, 0.6) is 0 Å². The van der Waals surface area contributed by atoms with Crippen LogP contribution in [0.4, 0.5) is 0 Å². The van der Waals surface area contributed by atoms with Crippen LogP contribution in [0.15, 0.2) is 0 Å². The first-order valence-corrected chi connectivity index (χ1v) is 5.20. The molecule has 4 heteroatoms. The van der Waals surface area contributed by atoms with Gasteiger partial charge in [-0.3, -0.25) is 0 Å². The molecule has 2 bridgehead atoms. The lowest BCUT2D eigenvalue weighted by molar-refractivity contribution is -0.920. The van der Waals surface area contributed by atoms with Gasteiger partial charge in [-0.25, -0.2) is 4.74 Å². The van der Waals surface area contributed by atoms with Crippen molar-refractivity contribution in [3.63, 3.8) is 0 Å². The Morgan fingerprint density at radius 3 is 2.21 bits per heavy atom. The van der Waals surface area contributed by atoms with E-state index in [9.17, 15) is 10.4 Å². The van der Waals surface area contributed by atoms with E-state index in [1.165, 1.54) is 0 Å². The number of piperidine rings is 1. The highest BCUT2D eigenvalue weighted by atomic mass is 16.6. The molecular formula is C10H18N2O2. The summed E-state index contributed by atoms with van der Waals surface area (Å²) < 4.78 is 0.791. The minimum absolute atomic E-state index is 0.235. The molecule has 4 nitrogen and oxygen atoms in total. The number of nitrogens with zero attached hydrogens (tertiary/aromatic N) is 2. The Morgan fingerprint density at radius 2 is 1.71 bits per heavy atom. The quantitative estimate of drug-likeness (QED) is 0.334. The highest BCUT2D eigenvalue weighted by Crippen LogP contribution is 2.37. The van der Waals surface area contributed by atoms with Crippen LogP contribution >= 0.6 is 0 Å². The third kappa shape index (κ3) is 1.10. The van der Waals surface area contributed by atoms with Crippen molar-refractivity contribution < 1.29 is 9.39 Å². The van der Waals surface area contributed by atoms with E-state index in [0.717, 1.165) is 4.74 Å². The van der Waals surface area contributed by atoms with Crippen molar-refractivity contribution in [2.24, 2.45) is 0 Å². The fourth-order valence-corrected chi connectivity index (χ4v) is 2.42. The van der Waals surface area contributed by atoms with Crippen molar-refractivity contribution in [2.45, 2.75) is 44.7 Å². The van der Waals surface area contributed by atoms with Crippen LogP contribution in [-0.2, 0) is 0 Å². The Labute approximate surface area is 84.6 Å². The molecule has 0 aromatic carbocycles. The maximum absolute atomic E-state index is 12.4. The summed E-state index contributed by atoms with van der Waals surface area (Å²) in [6, 6.07) is 0. The Bertz CT molecular complexity index is 288. The minimum Gasteiger partial charge on any atom is -0.632 e. The molecule has 3 rings (SSSR count). The molecule has 0 aliphatic carbocycles. The highest BCUT2D eigenvalue weighted by molar-refractivity contribution is 5.63. The molecule has 3 aliphatic rings. The van der Waals surface area contributed by atoms with Gasteiger partial charge in [0.15, 0.2) is 11.1 Å². The molecule has 1 fully saturated rings. The number of hydrogen-bond donors (Lipinski definition) is 0. The van der Waals surface area contributed by atoms with Gasteiger partial charge in [-0.2, -0.15) is 0 Å². The van der Waals surface area contributed by atoms with Gasteiger partial charge in [0, 0.05) is 20.8 Å². The molecule has 0 atom stereocenters. The van der Waals surface area contributed by atoms with Crippen molar-refractivity contribution in [1.29, 1.82) is 0 Å². The van der Waals surface area contributed by atoms with Gasteiger partial charge >= 0.3 is 0 Å². The van der Waals surface area contributed by atoms with E-state index in [1.54, 1.807) is 6.21 Å². The van der Waals surface area contributed by atoms with Crippen molar-refractivity contribution >= 4 is 6.21 Å². The first-order valence-electron chi connectivity index (χ1n) is 5.20. The van der Waals surface area contributed by atoms with E-state index in [-0.39, 0.29) is 10.2 Å². The topological polar surface area (TPSA) is 49.1 Å². The molecule has 1 saturated heterocycles. The SMILES string of the molecule is CC12CC[N+]([O-])(CC1)C(C)(C)C=[N+]2[O-]. The maximum Gasteiger partial charge on any atom is 0.212 e. The van der Waals surface area contributed by atoms with Gasteiger partial charge in [0.05, 0.1) is 25.9 Å². The first-order chi connectivity index (χ1) is 6.29. The number of quaternary nitrogens is 1. The van der Waals surface area contributed by atoms with Crippen molar-refractivity contribution in [3.05, 3.63) is 10.4 Å². The second kappa shape index (κ2) is 2.49. The Morgan fingerprint density at radius 1 is 1.21 bits per heavy atom. The molecule has 0 radical (unpaired) electrons. The first kappa shape index (κ1) is 9.93. The minimum atomic E-state index is -0.573. The van der Waals surface area contributed by atoms with Gasteiger partial charge in [0.25, 0.3) is 0 Å². The normalized spacial score (nSPS) is 45.9. The zero-order valence-corrected chi connectivity index (χ0v) is 9.12. The highest BCUT2D eigenvalue weighted by Gasteiger charge is 2.52. The van der Waals surface area contributed by atoms with Gasteiger partial charge in [0.2, 0.25) is 6.21 Å². The van der Waals surface area contributed by atoms with Crippen LogP contribution < -0.4 is 0 Å². The molecule has 0 saturated carbocycles. The molecule has 0 spiro atoms. The number of hydroxylamine groups is 4. The number of fused-ring (bicyclic) bond motifs is 3. The van der Waals surface area contributed by atoms with Crippen LogP contribution in [0.3, 0.4) is 0 Å². The Kier molecular flexibility index (Phi) is 1.77. The smallest absolute Gasteiger partial charge is 0.212 e. The van der Waals surface area contributed by atoms with Gasteiger partial charge in [-0.1, -0.05) is 0 Å². The zero-order chi connectivity index (χ0) is 10.6. The Hall–Kier alpha value is -0.610. The van der Waals surface area contributed by atoms with Crippen LogP contribution in [0.25, 0.3) is 0 Å². The molecule has 0 unspecified atom stereocenters. The van der Waals surface area contributed by atoms with E-state index in [0.29, 0.717) is 25.9 Å². The summed E-state index contributed by atoms with van der Waals surface area (Å²) >= 11 is 0. The fraction of sp³-hybridized carbons (Fsp3) is 0.900. The summed E-state index contributed by atoms with van der Waals surface area (Å²) in [4.78, 5) is 0. The van der Waals surface area contributed by atoms with Crippen LogP contribution in [-0.4, -0.2) is 39.8 Å². The molecule has 14 heavy (non-hydrogen) atoms. The molecule has 3 heterocycles. The maximum atomic E-state index is 12.4. The average molecular weight is 198 g/mol. The average Bonchev–Trinajstić information content (AvgIpc) is 2.18. The molecule has 3 aliphatic heterocycles. The van der Waals surface area contributed by atoms with E-state index in [4.69, 9.17) is 0 Å². The summed E-state index contributed by atoms with van der Waals surface area (Å²) in [5, 5.41) is 24.3. The summed E-state index contributed by atoms with van der Waals surface area (Å²) in [5.74, 6) is 0.